The first-order valence-corrected chi connectivity index (χ1v) is 15.8. The molecule has 0 spiro atoms. The van der Waals surface area contributed by atoms with Crippen molar-refractivity contribution in [3.8, 4) is 5.75 Å². The molecule has 15 nitrogen and oxygen atoms in total. The number of phenols is 1. The van der Waals surface area contributed by atoms with Crippen LogP contribution in [-0.4, -0.2) is 111 Å². The maximum atomic E-state index is 14.1. The number of benzene rings is 2. The molecule has 2 aromatic rings. The Bertz CT molecular complexity index is 1860. The predicted octanol–water partition coefficient (Wildman–Crippen LogP) is -0.647. The van der Waals surface area contributed by atoms with Crippen molar-refractivity contribution in [1.82, 2.24) is 4.90 Å². The number of nitrogens with one attached hydrogen (secondary N) is 2. The summed E-state index contributed by atoms with van der Waals surface area (Å²) in [6, 6.07) is 6.87. The minimum Gasteiger partial charge on any atom is -0.510 e. The number of aromatic hydroxyl groups is 1. The van der Waals surface area contributed by atoms with Gasteiger partial charge in [-0.3, -0.25) is 24.1 Å². The molecule has 0 radical (unpaired) electrons. The molecule has 1 aliphatic heterocycles. The monoisotopic (exact) mass is 676 g/mol. The van der Waals surface area contributed by atoms with Crippen LogP contribution in [0.5, 0.6) is 5.75 Å². The van der Waals surface area contributed by atoms with Crippen LogP contribution in [0.3, 0.4) is 0 Å². The van der Waals surface area contributed by atoms with Gasteiger partial charge in [-0.15, -0.1) is 0 Å². The van der Waals surface area contributed by atoms with Crippen molar-refractivity contribution >= 4 is 47.3 Å². The van der Waals surface area contributed by atoms with Gasteiger partial charge in [0.1, 0.15) is 22.8 Å². The Hall–Kier alpha value is -4.74. The van der Waals surface area contributed by atoms with E-state index in [1.807, 2.05) is 6.07 Å². The highest BCUT2D eigenvalue weighted by Crippen LogP contribution is 2.56. The second-order valence-corrected chi connectivity index (χ2v) is 13.1. The number of nitrogens with two attached hydrogens (primary N) is 1. The number of carbonyl (C=O) groups is 4. The average molecular weight is 676 g/mol. The molecular formula is C33H37BN4O11. The van der Waals surface area contributed by atoms with E-state index in [1.165, 1.54) is 25.1 Å². The highest BCUT2D eigenvalue weighted by molar-refractivity contribution is 6.61. The molecule has 0 saturated heterocycles. The minimum absolute atomic E-state index is 0.0292. The molecule has 16 heteroatoms. The number of anilines is 2. The topological polar surface area (TPSA) is 252 Å². The molecule has 0 unspecified atom stereocenters. The Morgan fingerprint density at radius 3 is 2.53 bits per heavy atom. The van der Waals surface area contributed by atoms with Gasteiger partial charge in [-0.05, 0) is 61.2 Å². The number of nitrogens with zero attached hydrogens (tertiary/aromatic N) is 1. The summed E-state index contributed by atoms with van der Waals surface area (Å²) in [4.78, 5) is 53.9. The van der Waals surface area contributed by atoms with E-state index < -0.39 is 88.5 Å². The quantitative estimate of drug-likeness (QED) is 0.101. The van der Waals surface area contributed by atoms with Crippen LogP contribution in [0.1, 0.15) is 40.7 Å². The van der Waals surface area contributed by atoms with Gasteiger partial charge in [-0.2, -0.15) is 0 Å². The van der Waals surface area contributed by atoms with Gasteiger partial charge in [0.25, 0.3) is 5.91 Å². The summed E-state index contributed by atoms with van der Waals surface area (Å²) >= 11 is 0. The Balaban J connectivity index is 1.27. The highest BCUT2D eigenvalue weighted by Gasteiger charge is 2.67. The fourth-order valence-electron chi connectivity index (χ4n) is 7.80. The number of likely N-dealkylation sites (N-methyl/N-ethyl adjacent to an activating group) is 1. The van der Waals surface area contributed by atoms with Crippen LogP contribution < -0.4 is 21.8 Å². The first kappa shape index (κ1) is 34.1. The summed E-state index contributed by atoms with van der Waals surface area (Å²) in [6.45, 7) is 2.06. The largest absolute Gasteiger partial charge is 0.510 e. The van der Waals surface area contributed by atoms with Gasteiger partial charge in [0.05, 0.1) is 29.3 Å². The molecule has 0 bridgehead atoms. The van der Waals surface area contributed by atoms with Crippen LogP contribution >= 0.6 is 0 Å². The van der Waals surface area contributed by atoms with Gasteiger partial charge < -0.3 is 51.6 Å². The van der Waals surface area contributed by atoms with Crippen LogP contribution in [-0.2, 0) is 25.5 Å². The Morgan fingerprint density at radius 1 is 1.14 bits per heavy atom. The van der Waals surface area contributed by atoms with E-state index in [4.69, 9.17) is 10.4 Å². The van der Waals surface area contributed by atoms with Crippen LogP contribution in [0.25, 0.3) is 0 Å². The van der Waals surface area contributed by atoms with Gasteiger partial charge in [0.2, 0.25) is 11.7 Å². The average Bonchev–Trinajstić information content (AvgIpc) is 3.03. The summed E-state index contributed by atoms with van der Waals surface area (Å²) in [6.07, 6.45) is -1.10. The van der Waals surface area contributed by atoms with Gasteiger partial charge in [0.15, 0.2) is 11.4 Å². The number of aliphatic hydroxyl groups excluding tert-OH is 3. The lowest BCUT2D eigenvalue weighted by Crippen LogP contribution is -2.68. The minimum atomic E-state index is -3.01. The Morgan fingerprint density at radius 2 is 1.86 bits per heavy atom. The molecule has 3 aliphatic carbocycles. The Labute approximate surface area is 280 Å². The van der Waals surface area contributed by atoms with Crippen molar-refractivity contribution in [3.63, 3.8) is 0 Å². The number of hydrogen-bond donors (Lipinski definition) is 9. The predicted molar refractivity (Wildman–Crippen MR) is 175 cm³/mol. The second-order valence-electron chi connectivity index (χ2n) is 13.1. The normalized spacial score (nSPS) is 27.7. The van der Waals surface area contributed by atoms with E-state index >= 15 is 0 Å². The molecular weight excluding hydrogens is 639 g/mol. The molecule has 1 heterocycles. The molecule has 4 aliphatic rings. The van der Waals surface area contributed by atoms with Crippen molar-refractivity contribution in [2.75, 3.05) is 37.9 Å². The van der Waals surface area contributed by atoms with Crippen molar-refractivity contribution in [3.05, 3.63) is 69.7 Å². The molecule has 6 atom stereocenters. The third kappa shape index (κ3) is 5.18. The summed E-state index contributed by atoms with van der Waals surface area (Å²) in [5, 5.41) is 73.1. The second kappa shape index (κ2) is 12.3. The number of fused-ring (bicyclic) bond motifs is 4. The van der Waals surface area contributed by atoms with Crippen molar-refractivity contribution in [1.29, 1.82) is 0 Å². The third-order valence-electron chi connectivity index (χ3n) is 10.1. The summed E-state index contributed by atoms with van der Waals surface area (Å²) in [5.41, 5.74) is 2.98. The fourth-order valence-corrected chi connectivity index (χ4v) is 7.80. The van der Waals surface area contributed by atoms with Gasteiger partial charge in [-0.1, -0.05) is 19.1 Å². The maximum Gasteiger partial charge on any atom is 0.491 e. The molecule has 0 aromatic heterocycles. The zero-order valence-corrected chi connectivity index (χ0v) is 26.9. The molecule has 10 N–H and O–H groups in total. The lowest BCUT2D eigenvalue weighted by atomic mass is 9.55. The summed E-state index contributed by atoms with van der Waals surface area (Å²) in [7, 11) is 1.85. The molecule has 2 aromatic carbocycles. The van der Waals surface area contributed by atoms with Crippen molar-refractivity contribution in [2.45, 2.75) is 43.4 Å². The van der Waals surface area contributed by atoms with E-state index in [0.29, 0.717) is 29.7 Å². The highest BCUT2D eigenvalue weighted by atomic mass is 16.5. The smallest absolute Gasteiger partial charge is 0.491 e. The number of primary amides is 1. The van der Waals surface area contributed by atoms with Crippen LogP contribution in [0.2, 0.25) is 0 Å². The Kier molecular flexibility index (Phi) is 8.57. The van der Waals surface area contributed by atoms with Crippen LogP contribution in [0, 0.1) is 11.8 Å². The number of rotatable bonds is 7. The van der Waals surface area contributed by atoms with E-state index in [9.17, 15) is 49.7 Å². The van der Waals surface area contributed by atoms with Crippen LogP contribution in [0.4, 0.5) is 11.4 Å². The van der Waals surface area contributed by atoms with Crippen molar-refractivity contribution < 1.29 is 54.4 Å². The zero-order chi connectivity index (χ0) is 35.7. The van der Waals surface area contributed by atoms with Gasteiger partial charge in [0, 0.05) is 36.8 Å². The first-order chi connectivity index (χ1) is 23.1. The van der Waals surface area contributed by atoms with Gasteiger partial charge >= 0.3 is 7.12 Å². The summed E-state index contributed by atoms with van der Waals surface area (Å²) in [5.74, 6) is -10.1. The van der Waals surface area contributed by atoms with E-state index in [0.717, 1.165) is 5.56 Å². The molecule has 49 heavy (non-hydrogen) atoms. The molecule has 2 amide bonds. The number of aliphatic hydroxyl groups is 4. The van der Waals surface area contributed by atoms with E-state index in [1.54, 1.807) is 25.1 Å². The molecule has 258 valence electrons. The maximum absolute atomic E-state index is 14.1. The number of phenolic OH excluding ortho intramolecular Hbond substituents is 1. The molecule has 6 rings (SSSR count). The number of carbonyl (C=O) groups excluding carboxylic acids is 4. The number of hydrogen-bond acceptors (Lipinski definition) is 13. The fraction of sp³-hybridized carbons (Fsp3) is 0.394. The lowest BCUT2D eigenvalue weighted by Gasteiger charge is -2.53. The van der Waals surface area contributed by atoms with Crippen LogP contribution in [0.15, 0.2) is 53.0 Å². The lowest BCUT2D eigenvalue weighted by molar-refractivity contribution is -0.162. The summed E-state index contributed by atoms with van der Waals surface area (Å²) < 4.78 is 5.25. The molecule has 0 fully saturated rings. The van der Waals surface area contributed by atoms with Gasteiger partial charge in [-0.25, -0.2) is 0 Å². The number of ketones is 2. The zero-order valence-electron chi connectivity index (χ0n) is 26.9. The standard InChI is InChI=1S/C33H37BN4O11/c1-13-16-6-7-18(36-10-8-19(39)37-15-5-4-14-9-11-49-34(48)17(14)12-15)26(40)21(16)27(41)22-20(13)28(42)24-25(38(2)3)29(43)23(32(35)46)31(45)33(24,47)30(22)44/h4-7,12-13,20,24-25,28,36,40,42-44,47-48H,8-11H2,1-3H3,(H2,35,46)(H,37,39)/t13-,20+,24+,25-,28-,33-/m0/s1. The van der Waals surface area contributed by atoms with E-state index in [2.05, 4.69) is 10.6 Å². The first-order valence-electron chi connectivity index (χ1n) is 15.8. The number of amides is 2. The number of Topliss-reactive ketones (excluding diaryl/α,β-unsaturated/α-hetero) is 2. The SMILES string of the molecule is C[C@H]1c2ccc(NCCC(=O)Nc3ccc4c(c3)B(O)OCC4)c(O)c2C(=O)C2=C(O)[C@]3(O)C(=O)C(C(N)=O)=C(O)[C@@H](N(C)C)[C@@H]3[C@@H](O)[C@@H]21. The molecule has 0 saturated carbocycles. The van der Waals surface area contributed by atoms with Crippen molar-refractivity contribution in [2.24, 2.45) is 17.6 Å². The van der Waals surface area contributed by atoms with E-state index in [-0.39, 0.29) is 30.1 Å². The third-order valence-corrected chi connectivity index (χ3v) is 10.1.